The predicted molar refractivity (Wildman–Crippen MR) is 365 cm³/mol. The number of hydrogen-bond acceptors (Lipinski definition) is 5. The quantitative estimate of drug-likeness (QED) is 0.0320. The Balaban J connectivity index is 3.34. The van der Waals surface area contributed by atoms with Crippen molar-refractivity contribution in [2.45, 2.75) is 405 Å². The molecule has 0 bridgehead atoms. The summed E-state index contributed by atoms with van der Waals surface area (Å²) in [5.41, 5.74) is 0. The first kappa shape index (κ1) is 80.6. The normalized spacial score (nSPS) is 12.9. The molecular formula is C77H143NO5. The molecule has 2 atom stereocenters. The van der Waals surface area contributed by atoms with Crippen LogP contribution in [0.4, 0.5) is 0 Å². The summed E-state index contributed by atoms with van der Waals surface area (Å²) in [4.78, 5) is 24.5. The first-order valence-corrected chi connectivity index (χ1v) is 37.1. The number of ether oxygens (including phenoxy) is 1. The van der Waals surface area contributed by atoms with E-state index in [4.69, 9.17) is 4.74 Å². The molecule has 0 saturated carbocycles. The van der Waals surface area contributed by atoms with Crippen LogP contribution in [0.3, 0.4) is 0 Å². The van der Waals surface area contributed by atoms with Gasteiger partial charge in [-0.15, -0.1) is 0 Å². The van der Waals surface area contributed by atoms with Gasteiger partial charge in [-0.1, -0.05) is 344 Å². The van der Waals surface area contributed by atoms with Crippen molar-refractivity contribution in [3.05, 3.63) is 60.8 Å². The summed E-state index contributed by atoms with van der Waals surface area (Å²) in [5, 5.41) is 23.0. The van der Waals surface area contributed by atoms with Crippen LogP contribution in [0.1, 0.15) is 393 Å². The molecule has 0 aliphatic heterocycles. The summed E-state index contributed by atoms with van der Waals surface area (Å²) in [6.45, 7) is 4.88. The number of nitrogens with one attached hydrogen (secondary N) is 1. The van der Waals surface area contributed by atoms with E-state index in [1.807, 2.05) is 6.08 Å². The Bertz CT molecular complexity index is 1430. The van der Waals surface area contributed by atoms with Gasteiger partial charge in [0.1, 0.15) is 0 Å². The minimum Gasteiger partial charge on any atom is -0.466 e. The van der Waals surface area contributed by atoms with E-state index >= 15 is 0 Å². The van der Waals surface area contributed by atoms with Gasteiger partial charge in [0.05, 0.1) is 25.4 Å². The van der Waals surface area contributed by atoms with Gasteiger partial charge in [-0.2, -0.15) is 0 Å². The summed E-state index contributed by atoms with van der Waals surface area (Å²) >= 11 is 0. The average Bonchev–Trinajstić information content (AvgIpc) is 3.50. The number of hydrogen-bond donors (Lipinski definition) is 3. The Hall–Kier alpha value is -2.44. The van der Waals surface area contributed by atoms with Crippen LogP contribution >= 0.6 is 0 Å². The number of aliphatic hydroxyl groups excluding tert-OH is 2. The molecule has 0 aromatic rings. The van der Waals surface area contributed by atoms with Crippen molar-refractivity contribution in [1.82, 2.24) is 5.32 Å². The zero-order valence-corrected chi connectivity index (χ0v) is 55.7. The van der Waals surface area contributed by atoms with Crippen molar-refractivity contribution in [3.63, 3.8) is 0 Å². The van der Waals surface area contributed by atoms with E-state index in [1.54, 1.807) is 6.08 Å². The van der Waals surface area contributed by atoms with Gasteiger partial charge >= 0.3 is 5.97 Å². The Morgan fingerprint density at radius 3 is 0.940 bits per heavy atom. The lowest BCUT2D eigenvalue weighted by atomic mass is 10.0. The molecular weight excluding hydrogens is 1020 g/mol. The number of carbonyl (C=O) groups excluding carboxylic acids is 2. The Morgan fingerprint density at radius 2 is 0.602 bits per heavy atom. The highest BCUT2D eigenvalue weighted by Gasteiger charge is 2.18. The molecule has 0 rings (SSSR count). The highest BCUT2D eigenvalue weighted by molar-refractivity contribution is 5.76. The molecule has 3 N–H and O–H groups in total. The lowest BCUT2D eigenvalue weighted by Crippen LogP contribution is -2.45. The second-order valence-electron chi connectivity index (χ2n) is 25.3. The van der Waals surface area contributed by atoms with E-state index in [0.29, 0.717) is 19.4 Å². The molecule has 0 aliphatic carbocycles. The summed E-state index contributed by atoms with van der Waals surface area (Å²) in [6.07, 6.45) is 96.3. The van der Waals surface area contributed by atoms with Crippen LogP contribution in [0.25, 0.3) is 0 Å². The number of esters is 1. The first-order valence-electron chi connectivity index (χ1n) is 37.1. The molecule has 6 heteroatoms. The Kier molecular flexibility index (Phi) is 69.9. The van der Waals surface area contributed by atoms with Crippen molar-refractivity contribution in [3.8, 4) is 0 Å². The molecule has 486 valence electrons. The van der Waals surface area contributed by atoms with Crippen molar-refractivity contribution in [2.75, 3.05) is 13.2 Å². The molecule has 0 saturated heterocycles. The molecule has 0 aromatic carbocycles. The lowest BCUT2D eigenvalue weighted by molar-refractivity contribution is -0.143. The largest absolute Gasteiger partial charge is 0.466 e. The van der Waals surface area contributed by atoms with Crippen molar-refractivity contribution in [1.29, 1.82) is 0 Å². The molecule has 0 spiro atoms. The van der Waals surface area contributed by atoms with Gasteiger partial charge in [-0.05, 0) is 96.3 Å². The number of allylic oxidation sites excluding steroid dienone is 9. The minimum absolute atomic E-state index is 0.0122. The minimum atomic E-state index is -0.841. The van der Waals surface area contributed by atoms with Crippen molar-refractivity contribution < 1.29 is 24.5 Å². The number of unbranched alkanes of at least 4 members (excludes halogenated alkanes) is 50. The maximum absolute atomic E-state index is 12.4. The molecule has 83 heavy (non-hydrogen) atoms. The zero-order chi connectivity index (χ0) is 59.9. The van der Waals surface area contributed by atoms with Crippen LogP contribution in [0.2, 0.25) is 0 Å². The van der Waals surface area contributed by atoms with Crippen LogP contribution in [-0.4, -0.2) is 47.4 Å². The van der Waals surface area contributed by atoms with Gasteiger partial charge in [0.25, 0.3) is 0 Å². The van der Waals surface area contributed by atoms with E-state index in [0.717, 1.165) is 57.8 Å². The van der Waals surface area contributed by atoms with Crippen LogP contribution in [-0.2, 0) is 14.3 Å². The summed E-state index contributed by atoms with van der Waals surface area (Å²) in [5.74, 6) is -0.0537. The van der Waals surface area contributed by atoms with E-state index in [1.165, 1.54) is 308 Å². The molecule has 0 aromatic heterocycles. The smallest absolute Gasteiger partial charge is 0.305 e. The van der Waals surface area contributed by atoms with E-state index in [9.17, 15) is 19.8 Å². The highest BCUT2D eigenvalue weighted by Crippen LogP contribution is 2.18. The second-order valence-corrected chi connectivity index (χ2v) is 25.3. The van der Waals surface area contributed by atoms with Crippen LogP contribution in [0, 0.1) is 0 Å². The molecule has 6 nitrogen and oxygen atoms in total. The van der Waals surface area contributed by atoms with Gasteiger partial charge in [-0.3, -0.25) is 9.59 Å². The Morgan fingerprint density at radius 1 is 0.337 bits per heavy atom. The van der Waals surface area contributed by atoms with Crippen LogP contribution in [0.15, 0.2) is 60.8 Å². The first-order chi connectivity index (χ1) is 41.0. The van der Waals surface area contributed by atoms with Gasteiger partial charge in [0, 0.05) is 12.8 Å². The monoisotopic (exact) mass is 1160 g/mol. The maximum atomic E-state index is 12.4. The second kappa shape index (κ2) is 72.0. The predicted octanol–water partition coefficient (Wildman–Crippen LogP) is 24.2. The van der Waals surface area contributed by atoms with Crippen LogP contribution < -0.4 is 5.32 Å². The molecule has 0 radical (unpaired) electrons. The molecule has 2 unspecified atom stereocenters. The zero-order valence-electron chi connectivity index (χ0n) is 55.7. The Labute approximate surface area is 518 Å². The summed E-state index contributed by atoms with van der Waals surface area (Å²) in [6, 6.07) is -0.624. The fourth-order valence-electron chi connectivity index (χ4n) is 11.3. The molecule has 0 aliphatic rings. The van der Waals surface area contributed by atoms with E-state index < -0.39 is 12.1 Å². The van der Waals surface area contributed by atoms with Gasteiger partial charge in [0.2, 0.25) is 5.91 Å². The van der Waals surface area contributed by atoms with Crippen LogP contribution in [0.5, 0.6) is 0 Å². The standard InChI is InChI=1S/C77H143NO5/c1-3-5-7-9-11-13-15-16-17-41-45-48-51-55-59-63-67-71-77(82)83-72-68-64-60-56-52-49-46-43-40-38-36-34-32-30-28-26-24-22-20-18-19-21-23-25-27-29-31-33-35-37-39-42-44-47-50-54-58-62-66-70-76(81)78-74(73-79)75(80)69-65-61-57-53-14-12-10-8-6-4-2/h11,13,16-19,22,24,65,69,74-75,79-80H,3-10,12,14-15,20-21,23,25-64,66-68,70-73H2,1-2H3,(H,78,81)/b13-11-,17-16-,19-18-,24-22-,69-65+. The molecule has 1 amide bonds. The number of carbonyl (C=O) groups is 2. The molecule has 0 heterocycles. The third-order valence-corrected chi connectivity index (χ3v) is 17.0. The fourth-order valence-corrected chi connectivity index (χ4v) is 11.3. The molecule has 0 fully saturated rings. The lowest BCUT2D eigenvalue weighted by Gasteiger charge is -2.20. The van der Waals surface area contributed by atoms with Crippen molar-refractivity contribution >= 4 is 11.9 Å². The summed E-state index contributed by atoms with van der Waals surface area (Å²) in [7, 11) is 0. The number of rotatable bonds is 69. The van der Waals surface area contributed by atoms with E-state index in [2.05, 4.69) is 67.8 Å². The third-order valence-electron chi connectivity index (χ3n) is 17.0. The SMILES string of the molecule is CCCCC/C=C\C/C=C\CCCCCCCCCC(=O)OCCCCCCCCCCCCCCCCC/C=C\C/C=C\CCCCCCCCCCCCCCCCCCCC(=O)NC(CO)C(O)/C=C/CCCCCCCCCC. The number of aliphatic hydroxyl groups is 2. The maximum Gasteiger partial charge on any atom is 0.305 e. The van der Waals surface area contributed by atoms with E-state index in [-0.39, 0.29) is 18.5 Å². The number of amides is 1. The van der Waals surface area contributed by atoms with Crippen molar-refractivity contribution in [2.24, 2.45) is 0 Å². The summed E-state index contributed by atoms with van der Waals surface area (Å²) < 4.78 is 5.50. The average molecular weight is 1160 g/mol. The van der Waals surface area contributed by atoms with Gasteiger partial charge < -0.3 is 20.3 Å². The third kappa shape index (κ3) is 68.5. The van der Waals surface area contributed by atoms with Gasteiger partial charge in [0.15, 0.2) is 0 Å². The topological polar surface area (TPSA) is 95.9 Å². The highest BCUT2D eigenvalue weighted by atomic mass is 16.5. The fraction of sp³-hybridized carbons (Fsp3) is 0.844. The van der Waals surface area contributed by atoms with Gasteiger partial charge in [-0.25, -0.2) is 0 Å².